The van der Waals surface area contributed by atoms with Crippen LogP contribution in [0.1, 0.15) is 42.0 Å². The fourth-order valence-corrected chi connectivity index (χ4v) is 3.08. The summed E-state index contributed by atoms with van der Waals surface area (Å²) < 4.78 is 81.2. The number of hydrogen-bond donors (Lipinski definition) is 2. The molecule has 1 amide bonds. The molecule has 166 valence electrons. The van der Waals surface area contributed by atoms with E-state index >= 15 is 0 Å². The van der Waals surface area contributed by atoms with Crippen molar-refractivity contribution in [1.29, 1.82) is 0 Å². The zero-order valence-electron chi connectivity index (χ0n) is 16.3. The van der Waals surface area contributed by atoms with E-state index in [2.05, 4.69) is 20.3 Å². The van der Waals surface area contributed by atoms with Gasteiger partial charge in [-0.1, -0.05) is 0 Å². The summed E-state index contributed by atoms with van der Waals surface area (Å²) in [5.41, 5.74) is -0.450. The number of benzene rings is 1. The predicted molar refractivity (Wildman–Crippen MR) is 99.4 cm³/mol. The topological polar surface area (TPSA) is 93.3 Å². The van der Waals surface area contributed by atoms with Crippen LogP contribution in [0.3, 0.4) is 0 Å². The van der Waals surface area contributed by atoms with Crippen molar-refractivity contribution >= 4 is 17.4 Å². The molecule has 0 spiro atoms. The van der Waals surface area contributed by atoms with Crippen LogP contribution in [0.2, 0.25) is 0 Å². The molecule has 1 aromatic heterocycles. The van der Waals surface area contributed by atoms with Gasteiger partial charge in [0.15, 0.2) is 11.4 Å². The lowest BCUT2D eigenvalue weighted by atomic mass is 9.79. The molecule has 0 aliphatic carbocycles. The van der Waals surface area contributed by atoms with Gasteiger partial charge in [-0.3, -0.25) is 9.79 Å². The highest BCUT2D eigenvalue weighted by Gasteiger charge is 2.49. The smallest absolute Gasteiger partial charge is 0.385 e. The second-order valence-electron chi connectivity index (χ2n) is 7.45. The number of nitrogens with one attached hydrogen (secondary N) is 1. The number of amides is 1. The van der Waals surface area contributed by atoms with E-state index in [-0.39, 0.29) is 11.3 Å². The minimum Gasteiger partial charge on any atom is -0.385 e. The number of nitrogens with two attached hydrogens (primary N) is 1. The minimum absolute atomic E-state index is 0.0149. The first-order valence-electron chi connectivity index (χ1n) is 8.93. The van der Waals surface area contributed by atoms with E-state index in [9.17, 15) is 31.1 Å². The highest BCUT2D eigenvalue weighted by Crippen LogP contribution is 2.42. The van der Waals surface area contributed by atoms with Crippen LogP contribution in [-0.2, 0) is 11.7 Å². The van der Waals surface area contributed by atoms with E-state index in [0.717, 1.165) is 25.1 Å². The summed E-state index contributed by atoms with van der Waals surface area (Å²) in [5, 5.41) is 2.32. The van der Waals surface area contributed by atoms with Crippen molar-refractivity contribution in [3.63, 3.8) is 0 Å². The maximum absolute atomic E-state index is 14.8. The SMILES string of the molecule is C[C@@]1(F)C[C@H](F)[C@@](C)(c2cc(NC(=O)c3cnc(C(F)(F)F)cn3)ccc2F)N=C1N. The van der Waals surface area contributed by atoms with E-state index in [4.69, 9.17) is 5.73 Å². The van der Waals surface area contributed by atoms with Gasteiger partial charge < -0.3 is 11.1 Å². The van der Waals surface area contributed by atoms with Crippen molar-refractivity contribution in [2.24, 2.45) is 10.7 Å². The van der Waals surface area contributed by atoms with Crippen LogP contribution in [0.4, 0.5) is 32.0 Å². The first-order valence-corrected chi connectivity index (χ1v) is 8.93. The Morgan fingerprint density at radius 1 is 1.23 bits per heavy atom. The standard InChI is InChI=1S/C19H17F6N5O/c1-17(22)6-13(21)18(2,30-16(17)26)10-5-9(3-4-11(10)20)29-15(31)12-7-28-14(8-27-12)19(23,24)25/h3-5,7-8,13H,6H2,1-2H3,(H2,26,30)(H,29,31)/t13-,17+,18+/m0/s1. The van der Waals surface area contributed by atoms with Crippen LogP contribution in [0.25, 0.3) is 0 Å². The molecule has 0 saturated heterocycles. The molecule has 1 aromatic carbocycles. The maximum Gasteiger partial charge on any atom is 0.434 e. The lowest BCUT2D eigenvalue weighted by molar-refractivity contribution is -0.141. The lowest BCUT2D eigenvalue weighted by Crippen LogP contribution is -2.51. The Balaban J connectivity index is 1.90. The first kappa shape index (κ1) is 22.5. The van der Waals surface area contributed by atoms with Crippen LogP contribution >= 0.6 is 0 Å². The van der Waals surface area contributed by atoms with Crippen LogP contribution in [0, 0.1) is 5.82 Å². The van der Waals surface area contributed by atoms with Gasteiger partial charge in [-0.25, -0.2) is 23.1 Å². The molecule has 3 rings (SSSR count). The Labute approximate surface area is 172 Å². The maximum atomic E-state index is 14.8. The molecule has 1 aliphatic rings. The van der Waals surface area contributed by atoms with Crippen molar-refractivity contribution in [2.75, 3.05) is 5.32 Å². The van der Waals surface area contributed by atoms with Crippen LogP contribution in [0.5, 0.6) is 0 Å². The van der Waals surface area contributed by atoms with Gasteiger partial charge in [-0.15, -0.1) is 0 Å². The Morgan fingerprint density at radius 3 is 2.48 bits per heavy atom. The molecule has 3 atom stereocenters. The van der Waals surface area contributed by atoms with Gasteiger partial charge in [0, 0.05) is 17.7 Å². The number of aromatic nitrogens is 2. The van der Waals surface area contributed by atoms with Crippen molar-refractivity contribution in [3.8, 4) is 0 Å². The van der Waals surface area contributed by atoms with Gasteiger partial charge in [0.25, 0.3) is 5.91 Å². The summed E-state index contributed by atoms with van der Waals surface area (Å²) in [6.45, 7) is 2.31. The number of nitrogens with zero attached hydrogens (tertiary/aromatic N) is 3. The molecule has 12 heteroatoms. The molecule has 0 saturated carbocycles. The van der Waals surface area contributed by atoms with Gasteiger partial charge in [0.2, 0.25) is 0 Å². The van der Waals surface area contributed by atoms with Crippen LogP contribution in [-0.4, -0.2) is 33.6 Å². The highest BCUT2D eigenvalue weighted by molar-refractivity contribution is 6.02. The number of anilines is 1. The molecule has 1 aliphatic heterocycles. The molecular weight excluding hydrogens is 428 g/mol. The average molecular weight is 445 g/mol. The Kier molecular flexibility index (Phi) is 5.45. The number of hydrogen-bond acceptors (Lipinski definition) is 5. The normalized spacial score (nSPS) is 26.3. The second-order valence-corrected chi connectivity index (χ2v) is 7.45. The van der Waals surface area contributed by atoms with Crippen molar-refractivity contribution < 1.29 is 31.1 Å². The number of carbonyl (C=O) groups is 1. The number of halogens is 6. The number of rotatable bonds is 3. The number of carbonyl (C=O) groups excluding carboxylic acids is 1. The molecule has 6 nitrogen and oxygen atoms in total. The zero-order chi connectivity index (χ0) is 23.2. The second kappa shape index (κ2) is 7.50. The Bertz CT molecular complexity index is 1040. The van der Waals surface area contributed by atoms with Gasteiger partial charge in [-0.2, -0.15) is 13.2 Å². The molecule has 2 heterocycles. The van der Waals surface area contributed by atoms with Gasteiger partial charge in [0.1, 0.15) is 29.1 Å². The Hall–Kier alpha value is -3.18. The summed E-state index contributed by atoms with van der Waals surface area (Å²) in [4.78, 5) is 22.7. The number of amidine groups is 1. The van der Waals surface area contributed by atoms with E-state index in [0.29, 0.717) is 12.4 Å². The van der Waals surface area contributed by atoms with Crippen LogP contribution in [0.15, 0.2) is 35.6 Å². The summed E-state index contributed by atoms with van der Waals surface area (Å²) in [7, 11) is 0. The Morgan fingerprint density at radius 2 is 1.90 bits per heavy atom. The summed E-state index contributed by atoms with van der Waals surface area (Å²) in [6, 6.07) is 3.19. The molecule has 0 fully saturated rings. The molecule has 0 bridgehead atoms. The van der Waals surface area contributed by atoms with E-state index in [1.807, 2.05) is 0 Å². The monoisotopic (exact) mass is 445 g/mol. The molecule has 31 heavy (non-hydrogen) atoms. The molecule has 0 unspecified atom stereocenters. The van der Waals surface area contributed by atoms with Gasteiger partial charge >= 0.3 is 6.18 Å². The highest BCUT2D eigenvalue weighted by atomic mass is 19.4. The molecule has 3 N–H and O–H groups in total. The fraction of sp³-hybridized carbons (Fsp3) is 0.368. The average Bonchev–Trinajstić information content (AvgIpc) is 2.67. The van der Waals surface area contributed by atoms with Crippen molar-refractivity contribution in [2.45, 2.75) is 43.8 Å². The summed E-state index contributed by atoms with van der Waals surface area (Å²) >= 11 is 0. The van der Waals surface area contributed by atoms with Crippen LogP contribution < -0.4 is 11.1 Å². The largest absolute Gasteiger partial charge is 0.434 e. The van der Waals surface area contributed by atoms with Gasteiger partial charge in [0.05, 0.1) is 12.4 Å². The third kappa shape index (κ3) is 4.32. The van der Waals surface area contributed by atoms with Gasteiger partial charge in [-0.05, 0) is 32.0 Å². The molecule has 0 radical (unpaired) electrons. The number of alkyl halides is 5. The predicted octanol–water partition coefficient (Wildman–Crippen LogP) is 3.93. The lowest BCUT2D eigenvalue weighted by Gasteiger charge is -2.38. The van der Waals surface area contributed by atoms with E-state index in [1.165, 1.54) is 6.92 Å². The van der Waals surface area contributed by atoms with Crippen molar-refractivity contribution in [3.05, 3.63) is 53.4 Å². The zero-order valence-corrected chi connectivity index (χ0v) is 16.3. The third-order valence-corrected chi connectivity index (χ3v) is 5.00. The van der Waals surface area contributed by atoms with E-state index < -0.39 is 58.9 Å². The quantitative estimate of drug-likeness (QED) is 0.701. The first-order chi connectivity index (χ1) is 14.2. The molecular formula is C19H17F6N5O. The fourth-order valence-electron chi connectivity index (χ4n) is 3.08. The molecule has 2 aromatic rings. The summed E-state index contributed by atoms with van der Waals surface area (Å²) in [5.74, 6) is -2.28. The number of aliphatic imine (C=N–C) groups is 1. The summed E-state index contributed by atoms with van der Waals surface area (Å²) in [6.07, 6.45) is -6.25. The van der Waals surface area contributed by atoms with Crippen molar-refractivity contribution in [1.82, 2.24) is 9.97 Å². The minimum atomic E-state index is -4.72. The third-order valence-electron chi connectivity index (χ3n) is 5.00. The van der Waals surface area contributed by atoms with E-state index in [1.54, 1.807) is 0 Å².